The Kier molecular flexibility index (Phi) is 10.0. The molecule has 0 unspecified atom stereocenters. The minimum absolute atomic E-state index is 0.871. The van der Waals surface area contributed by atoms with Gasteiger partial charge in [-0.3, -0.25) is 9.80 Å². The molecule has 7 aromatic carbocycles. The van der Waals surface area contributed by atoms with Crippen LogP contribution in [0.15, 0.2) is 158 Å². The van der Waals surface area contributed by atoms with Gasteiger partial charge >= 0.3 is 0 Å². The predicted molar refractivity (Wildman–Crippen MR) is 255 cm³/mol. The van der Waals surface area contributed by atoms with E-state index >= 15 is 0 Å². The Morgan fingerprint density at radius 3 is 0.950 bits per heavy atom. The molecule has 0 amide bonds. The van der Waals surface area contributed by atoms with Crippen LogP contribution in [0.25, 0.3) is 43.8 Å². The lowest BCUT2D eigenvalue weighted by Gasteiger charge is -2.28. The van der Waals surface area contributed by atoms with E-state index in [1.807, 2.05) is 24.5 Å². The summed E-state index contributed by atoms with van der Waals surface area (Å²) in [5.74, 6) is 1.74. The van der Waals surface area contributed by atoms with Crippen molar-refractivity contribution in [1.82, 2.24) is 9.97 Å². The van der Waals surface area contributed by atoms with Crippen LogP contribution in [0.2, 0.25) is 0 Å². The minimum atomic E-state index is 0.871. The number of nitrogens with zero attached hydrogens (tertiary/aromatic N) is 4. The first-order valence-corrected chi connectivity index (χ1v) is 20.8. The molecule has 0 radical (unpaired) electrons. The van der Waals surface area contributed by atoms with Crippen molar-refractivity contribution in [2.75, 3.05) is 9.80 Å². The Morgan fingerprint density at radius 2 is 0.633 bits per heavy atom. The van der Waals surface area contributed by atoms with Gasteiger partial charge < -0.3 is 0 Å². The molecule has 0 atom stereocenters. The van der Waals surface area contributed by atoms with Gasteiger partial charge in [0.05, 0.1) is 0 Å². The second-order valence-corrected chi connectivity index (χ2v) is 16.7. The Morgan fingerprint density at radius 1 is 0.300 bits per heavy atom. The van der Waals surface area contributed by atoms with Gasteiger partial charge in [-0.05, 0) is 194 Å². The zero-order valence-corrected chi connectivity index (χ0v) is 35.8. The Bertz CT molecular complexity index is 2790. The van der Waals surface area contributed by atoms with Crippen LogP contribution >= 0.6 is 0 Å². The van der Waals surface area contributed by atoms with E-state index in [0.717, 1.165) is 34.4 Å². The Hall–Kier alpha value is -7.04. The lowest BCUT2D eigenvalue weighted by atomic mass is 9.84. The topological polar surface area (TPSA) is 32.3 Å². The number of benzene rings is 7. The standard InChI is InChI=1S/C56H50N4/c1-35-21-36(2)26-43(25-35)55-49-17-15-46(60(54-14-10-12-20-58-54)48-31-41(7)24-42(8)32-48)34-52(49)56(44-27-37(3)22-38(4)28-44)50-18-16-45(33-51(50)55)59(53-13-9-11-19-57-53)47-29-39(5)23-40(6)30-47/h9-34H,1-8H3. The largest absolute Gasteiger partial charge is 0.295 e. The number of anilines is 6. The van der Waals surface area contributed by atoms with Crippen molar-refractivity contribution in [2.24, 2.45) is 0 Å². The van der Waals surface area contributed by atoms with Crippen LogP contribution in [0.4, 0.5) is 34.4 Å². The number of rotatable bonds is 8. The molecule has 294 valence electrons. The van der Waals surface area contributed by atoms with E-state index in [0.29, 0.717) is 0 Å². The molecule has 0 N–H and O–H groups in total. The summed E-state index contributed by atoms with van der Waals surface area (Å²) in [4.78, 5) is 14.4. The van der Waals surface area contributed by atoms with Crippen molar-refractivity contribution >= 4 is 55.9 Å². The molecule has 4 nitrogen and oxygen atoms in total. The van der Waals surface area contributed by atoms with Crippen LogP contribution in [0.1, 0.15) is 44.5 Å². The predicted octanol–water partition coefficient (Wildman–Crippen LogP) is 15.5. The molecule has 9 rings (SSSR count). The molecule has 2 heterocycles. The molecule has 0 aliphatic carbocycles. The van der Waals surface area contributed by atoms with Gasteiger partial charge in [0.25, 0.3) is 0 Å². The summed E-state index contributed by atoms with van der Waals surface area (Å²) in [5.41, 5.74) is 18.9. The normalized spacial score (nSPS) is 11.3. The highest BCUT2D eigenvalue weighted by atomic mass is 15.2. The van der Waals surface area contributed by atoms with Crippen molar-refractivity contribution in [3.8, 4) is 22.3 Å². The van der Waals surface area contributed by atoms with Gasteiger partial charge in [-0.15, -0.1) is 0 Å². The van der Waals surface area contributed by atoms with E-state index < -0.39 is 0 Å². The van der Waals surface area contributed by atoms with Crippen LogP contribution in [-0.2, 0) is 0 Å². The number of aryl methyl sites for hydroxylation is 8. The van der Waals surface area contributed by atoms with Crippen LogP contribution in [0.5, 0.6) is 0 Å². The lowest BCUT2D eigenvalue weighted by molar-refractivity contribution is 1.17. The van der Waals surface area contributed by atoms with Gasteiger partial charge in [-0.2, -0.15) is 0 Å². The first-order chi connectivity index (χ1) is 29.0. The number of hydrogen-bond donors (Lipinski definition) is 0. The van der Waals surface area contributed by atoms with Crippen LogP contribution in [0, 0.1) is 55.4 Å². The fraction of sp³-hybridized carbons (Fsp3) is 0.143. The minimum Gasteiger partial charge on any atom is -0.295 e. The Balaban J connectivity index is 1.42. The van der Waals surface area contributed by atoms with Gasteiger partial charge in [0.1, 0.15) is 11.6 Å². The highest BCUT2D eigenvalue weighted by Crippen LogP contribution is 2.48. The van der Waals surface area contributed by atoms with Gasteiger partial charge in [-0.1, -0.05) is 95.1 Å². The highest BCUT2D eigenvalue weighted by molar-refractivity contribution is 6.22. The maximum atomic E-state index is 4.91. The van der Waals surface area contributed by atoms with E-state index in [1.54, 1.807) is 0 Å². The third-order valence-corrected chi connectivity index (χ3v) is 11.3. The highest BCUT2D eigenvalue weighted by Gasteiger charge is 2.23. The molecule has 4 heteroatoms. The maximum absolute atomic E-state index is 4.91. The molecule has 60 heavy (non-hydrogen) atoms. The summed E-state index contributed by atoms with van der Waals surface area (Å²) in [7, 11) is 0. The summed E-state index contributed by atoms with van der Waals surface area (Å²) in [5, 5.41) is 4.76. The fourth-order valence-corrected chi connectivity index (χ4v) is 9.30. The van der Waals surface area contributed by atoms with Crippen LogP contribution < -0.4 is 9.80 Å². The summed E-state index contributed by atoms with van der Waals surface area (Å²) in [6, 6.07) is 53.7. The second kappa shape index (κ2) is 15.6. The average Bonchev–Trinajstić information content (AvgIpc) is 3.19. The van der Waals surface area contributed by atoms with Crippen LogP contribution in [0.3, 0.4) is 0 Å². The van der Waals surface area contributed by atoms with Gasteiger partial charge in [0.2, 0.25) is 0 Å². The summed E-state index contributed by atoms with van der Waals surface area (Å²) < 4.78 is 0. The molecular formula is C56H50N4. The molecule has 0 aliphatic heterocycles. The third-order valence-electron chi connectivity index (χ3n) is 11.3. The van der Waals surface area contributed by atoms with Gasteiger partial charge in [0, 0.05) is 35.1 Å². The summed E-state index contributed by atoms with van der Waals surface area (Å²) >= 11 is 0. The second-order valence-electron chi connectivity index (χ2n) is 16.7. The monoisotopic (exact) mass is 778 g/mol. The fourth-order valence-electron chi connectivity index (χ4n) is 9.30. The van der Waals surface area contributed by atoms with Crippen molar-refractivity contribution < 1.29 is 0 Å². The molecule has 0 aliphatic rings. The van der Waals surface area contributed by atoms with E-state index in [9.17, 15) is 0 Å². The molecule has 0 saturated heterocycles. The number of fused-ring (bicyclic) bond motifs is 2. The quantitative estimate of drug-likeness (QED) is 0.144. The third kappa shape index (κ3) is 7.42. The van der Waals surface area contributed by atoms with Crippen molar-refractivity contribution in [1.29, 1.82) is 0 Å². The number of aromatic nitrogens is 2. The molecule has 2 aromatic heterocycles. The first-order valence-electron chi connectivity index (χ1n) is 20.8. The van der Waals surface area contributed by atoms with Gasteiger partial charge in [0.15, 0.2) is 0 Å². The van der Waals surface area contributed by atoms with E-state index in [-0.39, 0.29) is 0 Å². The lowest BCUT2D eigenvalue weighted by Crippen LogP contribution is -2.12. The number of hydrogen-bond acceptors (Lipinski definition) is 4. The number of pyridine rings is 2. The summed E-state index contributed by atoms with van der Waals surface area (Å²) in [6.07, 6.45) is 3.76. The molecule has 0 spiro atoms. The Labute approximate surface area is 354 Å². The zero-order chi connectivity index (χ0) is 41.7. The summed E-state index contributed by atoms with van der Waals surface area (Å²) in [6.45, 7) is 17.5. The van der Waals surface area contributed by atoms with Gasteiger partial charge in [-0.25, -0.2) is 9.97 Å². The average molecular weight is 779 g/mol. The first kappa shape index (κ1) is 38.5. The van der Waals surface area contributed by atoms with E-state index in [4.69, 9.17) is 9.97 Å². The molecule has 9 aromatic rings. The maximum Gasteiger partial charge on any atom is 0.137 e. The zero-order valence-electron chi connectivity index (χ0n) is 35.8. The van der Waals surface area contributed by atoms with Crippen LogP contribution in [-0.4, -0.2) is 9.97 Å². The molecule has 0 bridgehead atoms. The van der Waals surface area contributed by atoms with E-state index in [1.165, 1.54) is 88.3 Å². The van der Waals surface area contributed by atoms with E-state index in [2.05, 4.69) is 199 Å². The van der Waals surface area contributed by atoms with Crippen molar-refractivity contribution in [2.45, 2.75) is 55.4 Å². The van der Waals surface area contributed by atoms with Crippen molar-refractivity contribution in [3.05, 3.63) is 202 Å². The molecule has 0 saturated carbocycles. The molecule has 0 fully saturated rings. The molecular weight excluding hydrogens is 729 g/mol. The smallest absolute Gasteiger partial charge is 0.137 e. The van der Waals surface area contributed by atoms with Crippen molar-refractivity contribution in [3.63, 3.8) is 0 Å². The SMILES string of the molecule is Cc1cc(C)cc(-c2c3ccc(N(c4cc(C)cc(C)c4)c4ccccn4)cc3c(-c3cc(C)cc(C)c3)c3ccc(N(c4cc(C)cc(C)c4)c4ccccn4)cc23)c1.